The summed E-state index contributed by atoms with van der Waals surface area (Å²) in [7, 11) is 0. The molecule has 0 aliphatic carbocycles. The largest absolute Gasteiger partial charge is 0.508 e. The van der Waals surface area contributed by atoms with E-state index >= 15 is 0 Å². The van der Waals surface area contributed by atoms with E-state index in [1.807, 2.05) is 13.8 Å². The normalized spacial score (nSPS) is 15.2. The Kier molecular flexibility index (Phi) is 33.1. The fourth-order valence-corrected chi connectivity index (χ4v) is 10.5. The number of aromatic nitrogens is 4. The van der Waals surface area contributed by atoms with E-state index in [0.29, 0.717) is 42.8 Å². The van der Waals surface area contributed by atoms with Gasteiger partial charge in [0.1, 0.15) is 17.6 Å². The van der Waals surface area contributed by atoms with Crippen LogP contribution in [0.4, 0.5) is 0 Å². The van der Waals surface area contributed by atoms with E-state index in [2.05, 4.69) is 51.2 Å². The number of phenolic OH excluding ortho intramolecular Hbond substituents is 1. The van der Waals surface area contributed by atoms with Gasteiger partial charge in [-0.3, -0.25) is 62.7 Å². The number of benzene rings is 1. The lowest BCUT2D eigenvalue weighted by Crippen LogP contribution is -2.52. The van der Waals surface area contributed by atoms with Crippen molar-refractivity contribution in [1.29, 1.82) is 0 Å². The molecule has 2 heterocycles. The molecule has 508 valence electrons. The Morgan fingerprint density at radius 2 is 1.02 bits per heavy atom. The summed E-state index contributed by atoms with van der Waals surface area (Å²) >= 11 is 0. The number of amides is 6. The SMILES string of the molecule is CC[C@H](C)[C@H](NC(=O)[C@@H](CC(=O)[C@H](CC(N)=O)NC(=O)[C@H](CCCN=C(N)N)CC(=O)[C@@H](NC(=O)[C@H](CO)CC(=O)[C@H](Cc1cnc[nH]1)NC(=O)[C@@H](CC(=O)[C@@H](C)CCCN=C(N)N)CC(C)C)[C@@H](C)O)Cc1ccc(O)cc1)C(=O)C[C@@H](Cc1cnc[nH]1)C(N)=O. The first kappa shape index (κ1) is 77.3. The molecular formula is C62H96N16O14. The Balaban J connectivity index is 1.91. The molecule has 0 fully saturated rings. The predicted molar refractivity (Wildman–Crippen MR) is 339 cm³/mol. The fraction of sp³-hybridized carbons (Fsp3) is 0.597. The molecule has 0 unspecified atom stereocenters. The second kappa shape index (κ2) is 39.4. The van der Waals surface area contributed by atoms with Gasteiger partial charge >= 0.3 is 0 Å². The third-order valence-corrected chi connectivity index (χ3v) is 16.0. The quantitative estimate of drug-likeness (QED) is 0.0188. The van der Waals surface area contributed by atoms with Crippen molar-refractivity contribution in [3.63, 3.8) is 0 Å². The van der Waals surface area contributed by atoms with Crippen LogP contribution < -0.4 is 55.7 Å². The van der Waals surface area contributed by atoms with Gasteiger partial charge in [0.25, 0.3) is 0 Å². The van der Waals surface area contributed by atoms with Crippen molar-refractivity contribution in [2.75, 3.05) is 19.7 Å². The molecule has 21 N–H and O–H groups in total. The molecule has 0 bridgehead atoms. The summed E-state index contributed by atoms with van der Waals surface area (Å²) in [5, 5.41) is 42.1. The van der Waals surface area contributed by atoms with Gasteiger partial charge in [-0.25, -0.2) is 9.97 Å². The number of aromatic amines is 2. The number of phenols is 1. The first-order valence-corrected chi connectivity index (χ1v) is 31.0. The second-order valence-electron chi connectivity index (χ2n) is 24.2. The summed E-state index contributed by atoms with van der Waals surface area (Å²) in [6.45, 7) is 9.49. The number of primary amides is 2. The number of nitrogens with two attached hydrogens (primary N) is 6. The molecule has 1 aromatic carbocycles. The van der Waals surface area contributed by atoms with Gasteiger partial charge in [-0.05, 0) is 75.0 Å². The monoisotopic (exact) mass is 1290 g/mol. The van der Waals surface area contributed by atoms with Gasteiger partial charge in [-0.15, -0.1) is 0 Å². The molecule has 0 saturated heterocycles. The average molecular weight is 1290 g/mol. The van der Waals surface area contributed by atoms with Gasteiger partial charge < -0.3 is 81.0 Å². The summed E-state index contributed by atoms with van der Waals surface area (Å²) in [5.41, 5.74) is 34.7. The smallest absolute Gasteiger partial charge is 0.226 e. The topological polar surface area (TPSA) is 535 Å². The van der Waals surface area contributed by atoms with Crippen molar-refractivity contribution >= 4 is 76.3 Å². The zero-order valence-corrected chi connectivity index (χ0v) is 53.4. The molecule has 0 saturated carbocycles. The summed E-state index contributed by atoms with van der Waals surface area (Å²) in [5.74, 6) is -15.9. The van der Waals surface area contributed by atoms with E-state index in [-0.39, 0.29) is 87.3 Å². The standard InChI is InChI=1S/C62H96N16O14/c1-7-34(4)54(51(85)22-39(56(64)88)20-43-28-69-31-73-43)77-59(91)41(19-37-12-14-45(81)15-13-37)24-49(83)47(27-53(63)87)76-57(89)38(11-9-17-72-62(67)68)21-52(86)55(36(6)80)78-60(92)42(30-79)25-50(84)46(26-44-29-70-32-74-44)75-58(90)40(18-33(2)3)23-48(82)35(5)10-8-16-71-61(65)66/h12-15,28-29,31-36,38-42,46-47,54-55,79-81H,7-11,16-27,30H2,1-6H3,(H2,63,87)(H2,64,88)(H,69,73)(H,70,74)(H,75,90)(H,76,89)(H,77,91)(H,78,92)(H4,65,66,71)(H4,67,68,72)/t34-,35-,36+,38+,39+,40+,41+,42-,46-,47-,54-,55-/m0/s1. The lowest BCUT2D eigenvalue weighted by Gasteiger charge is -2.28. The molecule has 0 radical (unpaired) electrons. The van der Waals surface area contributed by atoms with E-state index in [0.717, 1.165) is 0 Å². The molecule has 6 amide bonds. The minimum atomic E-state index is -1.77. The van der Waals surface area contributed by atoms with Crippen molar-refractivity contribution in [2.24, 2.45) is 91.7 Å². The minimum absolute atomic E-state index is 0.0392. The maximum absolute atomic E-state index is 14.5. The molecule has 30 heteroatoms. The number of aliphatic imine (C=N–C) groups is 2. The minimum Gasteiger partial charge on any atom is -0.508 e. The highest BCUT2D eigenvalue weighted by molar-refractivity contribution is 5.99. The van der Waals surface area contributed by atoms with Gasteiger partial charge in [-0.2, -0.15) is 0 Å². The predicted octanol–water partition coefficient (Wildman–Crippen LogP) is -0.748. The van der Waals surface area contributed by atoms with Gasteiger partial charge in [0.2, 0.25) is 35.4 Å². The number of H-pyrrole nitrogens is 2. The number of nitrogens with one attached hydrogen (secondary N) is 6. The number of Topliss-reactive ketones (excluding diaryl/α,β-unsaturated/α-hetero) is 5. The molecule has 92 heavy (non-hydrogen) atoms. The van der Waals surface area contributed by atoms with E-state index in [4.69, 9.17) is 34.4 Å². The van der Waals surface area contributed by atoms with E-state index in [1.165, 1.54) is 56.2 Å². The van der Waals surface area contributed by atoms with Gasteiger partial charge in [-0.1, -0.05) is 53.2 Å². The van der Waals surface area contributed by atoms with Crippen molar-refractivity contribution in [1.82, 2.24) is 41.2 Å². The summed E-state index contributed by atoms with van der Waals surface area (Å²) in [4.78, 5) is 174. The zero-order valence-electron chi connectivity index (χ0n) is 53.4. The third-order valence-electron chi connectivity index (χ3n) is 16.0. The average Bonchev–Trinajstić information content (AvgIpc) is 1.09. The Bertz CT molecular complexity index is 2960. The van der Waals surface area contributed by atoms with Crippen molar-refractivity contribution in [2.45, 2.75) is 168 Å². The molecule has 0 spiro atoms. The Morgan fingerprint density at radius 3 is 1.54 bits per heavy atom. The zero-order chi connectivity index (χ0) is 68.8. The molecule has 12 atom stereocenters. The fourth-order valence-electron chi connectivity index (χ4n) is 10.5. The maximum atomic E-state index is 14.5. The van der Waals surface area contributed by atoms with Gasteiger partial charge in [0, 0.05) is 105 Å². The van der Waals surface area contributed by atoms with Gasteiger partial charge in [0.15, 0.2) is 35.1 Å². The molecular weight excluding hydrogens is 1190 g/mol. The molecule has 2 aromatic heterocycles. The highest BCUT2D eigenvalue weighted by Crippen LogP contribution is 2.25. The lowest BCUT2D eigenvalue weighted by molar-refractivity contribution is -0.138. The molecule has 3 aromatic rings. The Morgan fingerprint density at radius 1 is 0.543 bits per heavy atom. The number of carbonyl (C=O) groups is 11. The number of guanidine groups is 2. The molecule has 0 aliphatic rings. The number of aliphatic hydroxyl groups is 2. The first-order valence-electron chi connectivity index (χ1n) is 31.0. The summed E-state index contributed by atoms with van der Waals surface area (Å²) in [6.07, 6.45) is 2.00. The van der Waals surface area contributed by atoms with Crippen LogP contribution in [0.5, 0.6) is 5.75 Å². The van der Waals surface area contributed by atoms with Gasteiger partial charge in [0.05, 0.1) is 61.7 Å². The van der Waals surface area contributed by atoms with Crippen LogP contribution in [0.2, 0.25) is 0 Å². The summed E-state index contributed by atoms with van der Waals surface area (Å²) < 4.78 is 0. The van der Waals surface area contributed by atoms with Crippen LogP contribution in [0.15, 0.2) is 59.3 Å². The third kappa shape index (κ3) is 27.7. The highest BCUT2D eigenvalue weighted by Gasteiger charge is 2.38. The number of imidazole rings is 2. The van der Waals surface area contributed by atoms with Crippen molar-refractivity contribution in [3.05, 3.63) is 66.3 Å². The number of hydrogen-bond donors (Lipinski definition) is 15. The van der Waals surface area contributed by atoms with Crippen LogP contribution in [0.1, 0.15) is 136 Å². The highest BCUT2D eigenvalue weighted by atomic mass is 16.3. The number of carbonyl (C=O) groups excluding carboxylic acids is 11. The first-order chi connectivity index (χ1) is 43.4. The van der Waals surface area contributed by atoms with E-state index < -0.39 is 163 Å². The van der Waals surface area contributed by atoms with Crippen LogP contribution in [0.25, 0.3) is 0 Å². The van der Waals surface area contributed by atoms with Crippen LogP contribution in [-0.4, -0.2) is 162 Å². The second-order valence-corrected chi connectivity index (χ2v) is 24.2. The number of aliphatic hydroxyl groups excluding tert-OH is 2. The summed E-state index contributed by atoms with van der Waals surface area (Å²) in [6, 6.07) is -0.227. The van der Waals surface area contributed by atoms with E-state index in [1.54, 1.807) is 20.8 Å². The number of aromatic hydroxyl groups is 1. The van der Waals surface area contributed by atoms with Crippen LogP contribution >= 0.6 is 0 Å². The number of rotatable bonds is 46. The molecule has 30 nitrogen and oxygen atoms in total. The van der Waals surface area contributed by atoms with Crippen molar-refractivity contribution in [3.8, 4) is 5.75 Å². The maximum Gasteiger partial charge on any atom is 0.226 e. The van der Waals surface area contributed by atoms with E-state index in [9.17, 15) is 68.1 Å². The number of nitrogens with zero attached hydrogens (tertiary/aromatic N) is 4. The van der Waals surface area contributed by atoms with Crippen molar-refractivity contribution < 1.29 is 68.1 Å². The van der Waals surface area contributed by atoms with Crippen LogP contribution in [-0.2, 0) is 72.0 Å². The van der Waals surface area contributed by atoms with Crippen LogP contribution in [0.3, 0.4) is 0 Å². The molecule has 3 rings (SSSR count). The number of hydrogen-bond acceptors (Lipinski definition) is 18. The lowest BCUT2D eigenvalue weighted by atomic mass is 9.86. The Labute approximate surface area is 535 Å². The number of ketones is 5. The Hall–Kier alpha value is -8.93. The molecule has 0 aliphatic heterocycles. The van der Waals surface area contributed by atoms with Crippen LogP contribution in [0, 0.1) is 47.3 Å².